The van der Waals surface area contributed by atoms with Crippen molar-refractivity contribution in [1.82, 2.24) is 0 Å². The van der Waals surface area contributed by atoms with Crippen LogP contribution in [0.2, 0.25) is 0 Å². The molecular formula is C19H21NO3. The summed E-state index contributed by atoms with van der Waals surface area (Å²) in [5.41, 5.74) is 5.18. The van der Waals surface area contributed by atoms with Gasteiger partial charge in [-0.05, 0) is 57.0 Å². The van der Waals surface area contributed by atoms with Gasteiger partial charge in [-0.15, -0.1) is 0 Å². The highest BCUT2D eigenvalue weighted by atomic mass is 16.5. The fourth-order valence-electron chi connectivity index (χ4n) is 2.36. The van der Waals surface area contributed by atoms with Crippen molar-refractivity contribution in [2.24, 2.45) is 0 Å². The Balaban J connectivity index is 1.96. The number of aryl methyl sites for hydroxylation is 4. The largest absolute Gasteiger partial charge is 0.452 e. The van der Waals surface area contributed by atoms with Crippen LogP contribution in [0, 0.1) is 27.7 Å². The maximum atomic E-state index is 12.0. The van der Waals surface area contributed by atoms with Gasteiger partial charge in [-0.3, -0.25) is 4.79 Å². The summed E-state index contributed by atoms with van der Waals surface area (Å²) >= 11 is 0. The third-order valence-electron chi connectivity index (χ3n) is 3.46. The molecule has 0 radical (unpaired) electrons. The first-order valence-corrected chi connectivity index (χ1v) is 7.47. The van der Waals surface area contributed by atoms with Crippen LogP contribution in [-0.2, 0) is 9.53 Å². The second-order valence-electron chi connectivity index (χ2n) is 5.82. The van der Waals surface area contributed by atoms with Crippen molar-refractivity contribution in [2.45, 2.75) is 27.7 Å². The van der Waals surface area contributed by atoms with Gasteiger partial charge in [0.2, 0.25) is 0 Å². The molecule has 0 saturated heterocycles. The minimum atomic E-state index is -0.493. The second-order valence-corrected chi connectivity index (χ2v) is 5.82. The van der Waals surface area contributed by atoms with Crippen LogP contribution >= 0.6 is 0 Å². The minimum Gasteiger partial charge on any atom is -0.452 e. The van der Waals surface area contributed by atoms with Gasteiger partial charge in [0, 0.05) is 5.69 Å². The molecule has 0 saturated carbocycles. The molecule has 0 bridgehead atoms. The lowest BCUT2D eigenvalue weighted by Crippen LogP contribution is -2.21. The number of benzene rings is 2. The minimum absolute atomic E-state index is 0.306. The third kappa shape index (κ3) is 4.68. The number of hydrogen-bond acceptors (Lipinski definition) is 3. The molecule has 2 aromatic carbocycles. The number of rotatable bonds is 4. The Morgan fingerprint density at radius 1 is 0.913 bits per heavy atom. The Labute approximate surface area is 136 Å². The zero-order chi connectivity index (χ0) is 17.0. The number of ether oxygens (including phenoxy) is 1. The molecule has 0 unspecified atom stereocenters. The summed E-state index contributed by atoms with van der Waals surface area (Å²) in [5.74, 6) is -0.843. The maximum Gasteiger partial charge on any atom is 0.338 e. The molecule has 120 valence electrons. The molecule has 2 rings (SSSR count). The molecule has 4 heteroatoms. The highest BCUT2D eigenvalue weighted by Crippen LogP contribution is 2.16. The summed E-state index contributed by atoms with van der Waals surface area (Å²) in [6.07, 6.45) is 0. The molecule has 23 heavy (non-hydrogen) atoms. The molecule has 0 heterocycles. The van der Waals surface area contributed by atoms with Gasteiger partial charge in [0.05, 0.1) is 5.56 Å². The SMILES string of the molecule is Cc1cc(C)cc(C(=O)OCC(=O)Nc2cc(C)ccc2C)c1. The third-order valence-corrected chi connectivity index (χ3v) is 3.46. The van der Waals surface area contributed by atoms with Gasteiger partial charge < -0.3 is 10.1 Å². The topological polar surface area (TPSA) is 55.4 Å². The van der Waals surface area contributed by atoms with E-state index in [1.807, 2.05) is 52.0 Å². The summed E-state index contributed by atoms with van der Waals surface area (Å²) in [6.45, 7) is 7.39. The van der Waals surface area contributed by atoms with E-state index in [-0.39, 0.29) is 12.5 Å². The van der Waals surface area contributed by atoms with Crippen LogP contribution < -0.4 is 5.32 Å². The molecule has 0 aliphatic heterocycles. The molecule has 1 amide bonds. The van der Waals surface area contributed by atoms with E-state index in [1.54, 1.807) is 12.1 Å². The van der Waals surface area contributed by atoms with Crippen LogP contribution in [0.1, 0.15) is 32.6 Å². The van der Waals surface area contributed by atoms with Crippen LogP contribution in [0.5, 0.6) is 0 Å². The van der Waals surface area contributed by atoms with E-state index in [1.165, 1.54) is 0 Å². The maximum absolute atomic E-state index is 12.0. The number of carbonyl (C=O) groups excluding carboxylic acids is 2. The molecule has 1 N–H and O–H groups in total. The summed E-state index contributed by atoms with van der Waals surface area (Å²) in [6, 6.07) is 11.3. The highest BCUT2D eigenvalue weighted by molar-refractivity contribution is 5.96. The van der Waals surface area contributed by atoms with Crippen molar-refractivity contribution in [3.8, 4) is 0 Å². The Morgan fingerprint density at radius 2 is 1.57 bits per heavy atom. The number of esters is 1. The standard InChI is InChI=1S/C19H21NO3/c1-12-5-6-15(4)17(10-12)20-18(21)11-23-19(22)16-8-13(2)7-14(3)9-16/h5-10H,11H2,1-4H3,(H,20,21). The lowest BCUT2D eigenvalue weighted by molar-refractivity contribution is -0.119. The van der Waals surface area contributed by atoms with Gasteiger partial charge in [0.1, 0.15) is 0 Å². The fourth-order valence-corrected chi connectivity index (χ4v) is 2.36. The Bertz CT molecular complexity index is 730. The van der Waals surface area contributed by atoms with Crippen molar-refractivity contribution in [2.75, 3.05) is 11.9 Å². The van der Waals surface area contributed by atoms with Gasteiger partial charge >= 0.3 is 5.97 Å². The molecule has 0 fully saturated rings. The van der Waals surface area contributed by atoms with E-state index in [0.717, 1.165) is 27.9 Å². The predicted octanol–water partition coefficient (Wildman–Crippen LogP) is 3.72. The predicted molar refractivity (Wildman–Crippen MR) is 90.7 cm³/mol. The molecular weight excluding hydrogens is 290 g/mol. The fraction of sp³-hybridized carbons (Fsp3) is 0.263. The first-order chi connectivity index (χ1) is 10.8. The second kappa shape index (κ2) is 7.09. The average Bonchev–Trinajstić information content (AvgIpc) is 2.47. The monoisotopic (exact) mass is 311 g/mol. The van der Waals surface area contributed by atoms with Gasteiger partial charge in [0.25, 0.3) is 5.91 Å². The Kier molecular flexibility index (Phi) is 5.16. The zero-order valence-electron chi connectivity index (χ0n) is 13.9. The first-order valence-electron chi connectivity index (χ1n) is 7.47. The summed E-state index contributed by atoms with van der Waals surface area (Å²) < 4.78 is 5.09. The van der Waals surface area contributed by atoms with Crippen LogP contribution in [0.25, 0.3) is 0 Å². The summed E-state index contributed by atoms with van der Waals surface area (Å²) in [5, 5.41) is 2.76. The van der Waals surface area contributed by atoms with Crippen molar-refractivity contribution in [3.63, 3.8) is 0 Å². The molecule has 0 aliphatic rings. The summed E-state index contributed by atoms with van der Waals surface area (Å²) in [7, 11) is 0. The van der Waals surface area contributed by atoms with Gasteiger partial charge in [-0.25, -0.2) is 4.79 Å². The van der Waals surface area contributed by atoms with Gasteiger partial charge in [-0.1, -0.05) is 29.3 Å². The molecule has 0 atom stereocenters. The van der Waals surface area contributed by atoms with Gasteiger partial charge in [0.15, 0.2) is 6.61 Å². The lowest BCUT2D eigenvalue weighted by Gasteiger charge is -2.10. The van der Waals surface area contributed by atoms with Crippen molar-refractivity contribution >= 4 is 17.6 Å². The van der Waals surface area contributed by atoms with Crippen LogP contribution in [-0.4, -0.2) is 18.5 Å². The number of hydrogen-bond donors (Lipinski definition) is 1. The van der Waals surface area contributed by atoms with Crippen LogP contribution in [0.15, 0.2) is 36.4 Å². The van der Waals surface area contributed by atoms with E-state index in [2.05, 4.69) is 5.32 Å². The van der Waals surface area contributed by atoms with Crippen molar-refractivity contribution < 1.29 is 14.3 Å². The summed E-state index contributed by atoms with van der Waals surface area (Å²) in [4.78, 5) is 24.0. The normalized spacial score (nSPS) is 10.3. The number of anilines is 1. The highest BCUT2D eigenvalue weighted by Gasteiger charge is 2.12. The van der Waals surface area contributed by atoms with Crippen molar-refractivity contribution in [3.05, 3.63) is 64.2 Å². The molecule has 0 aliphatic carbocycles. The number of carbonyl (C=O) groups is 2. The van der Waals surface area contributed by atoms with Crippen LogP contribution in [0.3, 0.4) is 0 Å². The van der Waals surface area contributed by atoms with E-state index in [0.29, 0.717) is 5.56 Å². The van der Waals surface area contributed by atoms with E-state index in [4.69, 9.17) is 4.74 Å². The molecule has 4 nitrogen and oxygen atoms in total. The Hall–Kier alpha value is -2.62. The molecule has 2 aromatic rings. The molecule has 0 spiro atoms. The van der Waals surface area contributed by atoms with Gasteiger partial charge in [-0.2, -0.15) is 0 Å². The first kappa shape index (κ1) is 16.7. The van der Waals surface area contributed by atoms with E-state index in [9.17, 15) is 9.59 Å². The number of amides is 1. The van der Waals surface area contributed by atoms with E-state index < -0.39 is 5.97 Å². The average molecular weight is 311 g/mol. The van der Waals surface area contributed by atoms with E-state index >= 15 is 0 Å². The van der Waals surface area contributed by atoms with Crippen molar-refractivity contribution in [1.29, 1.82) is 0 Å². The zero-order valence-corrected chi connectivity index (χ0v) is 13.9. The lowest BCUT2D eigenvalue weighted by atomic mass is 10.1. The Morgan fingerprint density at radius 3 is 2.22 bits per heavy atom. The van der Waals surface area contributed by atoms with Crippen LogP contribution in [0.4, 0.5) is 5.69 Å². The number of nitrogens with one attached hydrogen (secondary N) is 1. The molecule has 0 aromatic heterocycles. The smallest absolute Gasteiger partial charge is 0.338 e. The quantitative estimate of drug-likeness (QED) is 0.876.